The summed E-state index contributed by atoms with van der Waals surface area (Å²) < 4.78 is 0. The van der Waals surface area contributed by atoms with Crippen molar-refractivity contribution in [1.29, 1.82) is 0 Å². The lowest BCUT2D eigenvalue weighted by Crippen LogP contribution is -2.43. The van der Waals surface area contributed by atoms with E-state index in [1.54, 1.807) is 0 Å². The van der Waals surface area contributed by atoms with E-state index in [2.05, 4.69) is 39.9 Å². The van der Waals surface area contributed by atoms with Crippen LogP contribution < -0.4 is 5.32 Å². The molecule has 96 valence electrons. The molecule has 0 aromatic rings. The Hall–Kier alpha value is -0.570. The van der Waals surface area contributed by atoms with Crippen molar-refractivity contribution in [3.05, 3.63) is 0 Å². The molecule has 0 aliphatic heterocycles. The second kappa shape index (κ2) is 6.89. The fourth-order valence-electron chi connectivity index (χ4n) is 2.01. The van der Waals surface area contributed by atoms with Crippen molar-refractivity contribution < 1.29 is 9.90 Å². The van der Waals surface area contributed by atoms with E-state index in [0.717, 1.165) is 25.7 Å². The summed E-state index contributed by atoms with van der Waals surface area (Å²) >= 11 is 0. The van der Waals surface area contributed by atoms with Crippen LogP contribution in [-0.2, 0) is 4.79 Å². The van der Waals surface area contributed by atoms with E-state index in [-0.39, 0.29) is 11.5 Å². The number of rotatable bonds is 7. The van der Waals surface area contributed by atoms with Crippen LogP contribution in [0.3, 0.4) is 0 Å². The summed E-state index contributed by atoms with van der Waals surface area (Å²) in [6, 6.07) is -0.143. The van der Waals surface area contributed by atoms with Crippen molar-refractivity contribution in [2.24, 2.45) is 5.41 Å². The molecular formula is C13H27NO2. The molecule has 0 aromatic carbocycles. The van der Waals surface area contributed by atoms with Gasteiger partial charge in [0.15, 0.2) is 0 Å². The van der Waals surface area contributed by atoms with Crippen LogP contribution in [0.5, 0.6) is 0 Å². The third-order valence-electron chi connectivity index (χ3n) is 2.55. The van der Waals surface area contributed by atoms with E-state index in [0.29, 0.717) is 0 Å². The second-order valence-corrected chi connectivity index (χ2v) is 5.87. The standard InChI is InChI=1S/C13H27NO2/c1-6-7-8-11(12(15)16)14-10(2)9-13(3,4)5/h10-11,14H,6-9H2,1-5H3,(H,15,16). The van der Waals surface area contributed by atoms with Gasteiger partial charge in [0.25, 0.3) is 0 Å². The quantitative estimate of drug-likeness (QED) is 0.705. The molecule has 3 nitrogen and oxygen atoms in total. The minimum Gasteiger partial charge on any atom is -0.480 e. The SMILES string of the molecule is CCCCC(NC(C)CC(C)(C)C)C(=O)O. The molecule has 0 aliphatic rings. The summed E-state index contributed by atoms with van der Waals surface area (Å²) in [5.41, 5.74) is 0.236. The molecule has 0 radical (unpaired) electrons. The first-order valence-electron chi connectivity index (χ1n) is 6.25. The Balaban J connectivity index is 4.13. The van der Waals surface area contributed by atoms with E-state index in [9.17, 15) is 4.79 Å². The van der Waals surface area contributed by atoms with Gasteiger partial charge < -0.3 is 10.4 Å². The lowest BCUT2D eigenvalue weighted by Gasteiger charge is -2.26. The molecule has 2 N–H and O–H groups in total. The van der Waals surface area contributed by atoms with Gasteiger partial charge in [0.2, 0.25) is 0 Å². The minimum absolute atomic E-state index is 0.236. The number of carboxylic acids is 1. The summed E-state index contributed by atoms with van der Waals surface area (Å²) in [5.74, 6) is -0.728. The van der Waals surface area contributed by atoms with E-state index < -0.39 is 12.0 Å². The molecule has 0 saturated carbocycles. The summed E-state index contributed by atoms with van der Waals surface area (Å²) in [6.07, 6.45) is 3.72. The fourth-order valence-corrected chi connectivity index (χ4v) is 2.01. The van der Waals surface area contributed by atoms with Gasteiger partial charge in [-0.2, -0.15) is 0 Å². The predicted molar refractivity (Wildman–Crippen MR) is 67.6 cm³/mol. The Morgan fingerprint density at radius 1 is 1.38 bits per heavy atom. The van der Waals surface area contributed by atoms with Gasteiger partial charge in [-0.15, -0.1) is 0 Å². The molecule has 0 fully saturated rings. The molecule has 0 aromatic heterocycles. The largest absolute Gasteiger partial charge is 0.480 e. The van der Waals surface area contributed by atoms with Gasteiger partial charge in [-0.1, -0.05) is 40.5 Å². The van der Waals surface area contributed by atoms with Gasteiger partial charge >= 0.3 is 5.97 Å². The highest BCUT2D eigenvalue weighted by atomic mass is 16.4. The first-order valence-corrected chi connectivity index (χ1v) is 6.25. The molecule has 0 aliphatic carbocycles. The van der Waals surface area contributed by atoms with Gasteiger partial charge in [-0.25, -0.2) is 0 Å². The Kier molecular flexibility index (Phi) is 6.65. The fraction of sp³-hybridized carbons (Fsp3) is 0.923. The van der Waals surface area contributed by atoms with Gasteiger partial charge in [0.05, 0.1) is 0 Å². The molecule has 0 heterocycles. The summed E-state index contributed by atoms with van der Waals surface area (Å²) in [7, 11) is 0. The maximum Gasteiger partial charge on any atom is 0.320 e. The zero-order valence-electron chi connectivity index (χ0n) is 11.3. The first kappa shape index (κ1) is 15.4. The predicted octanol–water partition coefficient (Wildman–Crippen LogP) is 3.04. The van der Waals surface area contributed by atoms with Gasteiger partial charge in [-0.3, -0.25) is 4.79 Å². The summed E-state index contributed by atoms with van der Waals surface area (Å²) in [6.45, 7) is 10.7. The molecule has 0 spiro atoms. The van der Waals surface area contributed by atoms with E-state index in [4.69, 9.17) is 5.11 Å². The Bertz CT molecular complexity index is 208. The highest BCUT2D eigenvalue weighted by molar-refractivity contribution is 5.73. The molecule has 0 saturated heterocycles. The van der Waals surface area contributed by atoms with Crippen LogP contribution in [0.1, 0.15) is 60.3 Å². The van der Waals surface area contributed by atoms with Crippen molar-refractivity contribution in [2.75, 3.05) is 0 Å². The third-order valence-corrected chi connectivity index (χ3v) is 2.55. The van der Waals surface area contributed by atoms with Gasteiger partial charge in [-0.05, 0) is 25.2 Å². The number of unbranched alkanes of at least 4 members (excludes halogenated alkanes) is 1. The van der Waals surface area contributed by atoms with Crippen molar-refractivity contribution in [3.63, 3.8) is 0 Å². The Labute approximate surface area is 99.6 Å². The summed E-state index contributed by atoms with van der Waals surface area (Å²) in [5, 5.41) is 12.3. The van der Waals surface area contributed by atoms with Crippen LogP contribution in [0.2, 0.25) is 0 Å². The van der Waals surface area contributed by atoms with E-state index >= 15 is 0 Å². The van der Waals surface area contributed by atoms with Crippen LogP contribution >= 0.6 is 0 Å². The van der Waals surface area contributed by atoms with Crippen molar-refractivity contribution >= 4 is 5.97 Å². The topological polar surface area (TPSA) is 49.3 Å². The van der Waals surface area contributed by atoms with Crippen LogP contribution in [0.4, 0.5) is 0 Å². The van der Waals surface area contributed by atoms with Gasteiger partial charge in [0.1, 0.15) is 6.04 Å². The van der Waals surface area contributed by atoms with Crippen molar-refractivity contribution in [1.82, 2.24) is 5.32 Å². The smallest absolute Gasteiger partial charge is 0.320 e. The summed E-state index contributed by atoms with van der Waals surface area (Å²) in [4.78, 5) is 11.0. The maximum atomic E-state index is 11.0. The Morgan fingerprint density at radius 3 is 2.31 bits per heavy atom. The van der Waals surface area contributed by atoms with Crippen molar-refractivity contribution in [3.8, 4) is 0 Å². The highest BCUT2D eigenvalue weighted by Crippen LogP contribution is 2.21. The third kappa shape index (κ3) is 7.69. The molecule has 2 unspecified atom stereocenters. The lowest BCUT2D eigenvalue weighted by molar-refractivity contribution is -0.140. The molecule has 0 rings (SSSR count). The number of nitrogens with one attached hydrogen (secondary N) is 1. The average Bonchev–Trinajstić information content (AvgIpc) is 2.08. The Morgan fingerprint density at radius 2 is 1.94 bits per heavy atom. The van der Waals surface area contributed by atoms with Crippen LogP contribution in [0.15, 0.2) is 0 Å². The highest BCUT2D eigenvalue weighted by Gasteiger charge is 2.21. The number of hydrogen-bond acceptors (Lipinski definition) is 2. The zero-order valence-corrected chi connectivity index (χ0v) is 11.3. The second-order valence-electron chi connectivity index (χ2n) is 5.87. The van der Waals surface area contributed by atoms with Crippen LogP contribution in [-0.4, -0.2) is 23.2 Å². The number of carbonyl (C=O) groups is 1. The van der Waals surface area contributed by atoms with Crippen LogP contribution in [0, 0.1) is 5.41 Å². The number of carboxylic acid groups (broad SMARTS) is 1. The lowest BCUT2D eigenvalue weighted by atomic mass is 9.88. The van der Waals surface area contributed by atoms with E-state index in [1.165, 1.54) is 0 Å². The molecule has 16 heavy (non-hydrogen) atoms. The van der Waals surface area contributed by atoms with Gasteiger partial charge in [0, 0.05) is 6.04 Å². The zero-order chi connectivity index (χ0) is 12.8. The number of hydrogen-bond donors (Lipinski definition) is 2. The van der Waals surface area contributed by atoms with Crippen molar-refractivity contribution in [2.45, 2.75) is 72.4 Å². The maximum absolute atomic E-state index is 11.0. The normalized spacial score (nSPS) is 15.8. The molecule has 0 amide bonds. The first-order chi connectivity index (χ1) is 7.26. The number of aliphatic carboxylic acids is 1. The van der Waals surface area contributed by atoms with Crippen LogP contribution in [0.25, 0.3) is 0 Å². The van der Waals surface area contributed by atoms with E-state index in [1.807, 2.05) is 0 Å². The average molecular weight is 229 g/mol. The minimum atomic E-state index is -0.728. The molecule has 3 heteroatoms. The molecular weight excluding hydrogens is 202 g/mol. The molecule has 0 bridgehead atoms. The monoisotopic (exact) mass is 229 g/mol. The molecule has 2 atom stereocenters.